The predicted molar refractivity (Wildman–Crippen MR) is 39.3 cm³/mol. The van der Waals surface area contributed by atoms with E-state index in [2.05, 4.69) is 8.37 Å². The van der Waals surface area contributed by atoms with Crippen LogP contribution in [0.25, 0.3) is 0 Å². The Morgan fingerprint density at radius 3 is 1.64 bits per heavy atom. The van der Waals surface area contributed by atoms with Crippen molar-refractivity contribution in [3.63, 3.8) is 0 Å². The minimum absolute atomic E-state index is 0. The van der Waals surface area contributed by atoms with Crippen molar-refractivity contribution < 1.29 is 21.5 Å². The molecule has 0 amide bonds. The summed E-state index contributed by atoms with van der Waals surface area (Å²) in [4.78, 5) is 0. The Labute approximate surface area is 66.2 Å². The van der Waals surface area contributed by atoms with Gasteiger partial charge in [-0.25, -0.2) is 4.18 Å². The van der Waals surface area contributed by atoms with Crippen molar-refractivity contribution in [2.75, 3.05) is 7.11 Å². The molecule has 0 aromatic rings. The molecule has 0 unspecified atom stereocenters. The van der Waals surface area contributed by atoms with Gasteiger partial charge in [0.05, 0.1) is 12.7 Å². The quantitative estimate of drug-likeness (QED) is 0.644. The number of hydrogen-bond donors (Lipinski definition) is 0. The first-order chi connectivity index (χ1) is 4.27. The molecule has 0 saturated heterocycles. The lowest BCUT2D eigenvalue weighted by Gasteiger charge is -2.16. The molecule has 0 rings (SSSR count). The summed E-state index contributed by atoms with van der Waals surface area (Å²) in [5, 5.41) is 0. The molecular formula is C5H13FO4S. The van der Waals surface area contributed by atoms with Gasteiger partial charge in [-0.15, -0.1) is 0 Å². The molecule has 0 radical (unpaired) electrons. The van der Waals surface area contributed by atoms with E-state index in [4.69, 9.17) is 0 Å². The van der Waals surface area contributed by atoms with Gasteiger partial charge in [0.1, 0.15) is 0 Å². The standard InChI is InChI=1S/C5H12O4S.FH/c1-5(2,3)9-10(6,7)8-4;/h1-4H3;1H. The lowest BCUT2D eigenvalue weighted by atomic mass is 10.2. The largest absolute Gasteiger partial charge is 0.400 e. The van der Waals surface area contributed by atoms with E-state index in [0.717, 1.165) is 7.11 Å². The van der Waals surface area contributed by atoms with E-state index in [0.29, 0.717) is 0 Å². The lowest BCUT2D eigenvalue weighted by Crippen LogP contribution is -2.24. The van der Waals surface area contributed by atoms with Crippen molar-refractivity contribution in [1.82, 2.24) is 0 Å². The summed E-state index contributed by atoms with van der Waals surface area (Å²) in [6.07, 6.45) is 0. The van der Waals surface area contributed by atoms with Gasteiger partial charge in [0.2, 0.25) is 0 Å². The summed E-state index contributed by atoms with van der Waals surface area (Å²) in [5.41, 5.74) is -0.727. The lowest BCUT2D eigenvalue weighted by molar-refractivity contribution is 0.111. The van der Waals surface area contributed by atoms with Crippen molar-refractivity contribution in [2.24, 2.45) is 0 Å². The fraction of sp³-hybridized carbons (Fsp3) is 1.00. The van der Waals surface area contributed by atoms with Gasteiger partial charge in [0.15, 0.2) is 0 Å². The molecule has 0 aromatic carbocycles. The van der Waals surface area contributed by atoms with E-state index in [1.54, 1.807) is 20.8 Å². The highest BCUT2D eigenvalue weighted by molar-refractivity contribution is 7.81. The van der Waals surface area contributed by atoms with Gasteiger partial charge in [-0.3, -0.25) is 8.89 Å². The third kappa shape index (κ3) is 7.70. The molecule has 0 spiro atoms. The fourth-order valence-electron chi connectivity index (χ4n) is 0.340. The molecule has 11 heavy (non-hydrogen) atoms. The third-order valence-corrected chi connectivity index (χ3v) is 1.67. The van der Waals surface area contributed by atoms with Gasteiger partial charge < -0.3 is 0 Å². The first-order valence-electron chi connectivity index (χ1n) is 2.78. The van der Waals surface area contributed by atoms with Gasteiger partial charge in [-0.2, -0.15) is 8.42 Å². The number of halogens is 1. The van der Waals surface area contributed by atoms with E-state index in [1.165, 1.54) is 0 Å². The summed E-state index contributed by atoms with van der Waals surface area (Å²) < 4.78 is 29.7. The van der Waals surface area contributed by atoms with Crippen LogP contribution < -0.4 is 0 Å². The van der Waals surface area contributed by atoms with Gasteiger partial charge in [0, 0.05) is 0 Å². The minimum atomic E-state index is -3.78. The third-order valence-electron chi connectivity index (χ3n) is 0.556. The van der Waals surface area contributed by atoms with Gasteiger partial charge in [-0.05, 0) is 20.8 Å². The van der Waals surface area contributed by atoms with Crippen LogP contribution >= 0.6 is 0 Å². The second-order valence-electron chi connectivity index (χ2n) is 2.77. The van der Waals surface area contributed by atoms with Crippen molar-refractivity contribution in [3.8, 4) is 0 Å². The molecule has 0 aliphatic heterocycles. The Bertz CT molecular complexity index is 191. The molecule has 4 nitrogen and oxygen atoms in total. The van der Waals surface area contributed by atoms with Crippen molar-refractivity contribution >= 4 is 10.4 Å². The monoisotopic (exact) mass is 188 g/mol. The summed E-state index contributed by atoms with van der Waals surface area (Å²) in [7, 11) is -2.72. The van der Waals surface area contributed by atoms with E-state index in [1.807, 2.05) is 0 Å². The maximum absolute atomic E-state index is 10.6. The molecule has 0 heterocycles. The average Bonchev–Trinajstić information content (AvgIpc) is 1.60. The van der Waals surface area contributed by atoms with E-state index in [9.17, 15) is 8.42 Å². The van der Waals surface area contributed by atoms with Crippen LogP contribution in [0.2, 0.25) is 0 Å². The van der Waals surface area contributed by atoms with Crippen LogP contribution in [0.15, 0.2) is 0 Å². The topological polar surface area (TPSA) is 52.6 Å². The first-order valence-corrected chi connectivity index (χ1v) is 4.11. The van der Waals surface area contributed by atoms with Crippen molar-refractivity contribution in [1.29, 1.82) is 0 Å². The Morgan fingerprint density at radius 2 is 1.55 bits per heavy atom. The van der Waals surface area contributed by atoms with Crippen LogP contribution in [0.3, 0.4) is 0 Å². The van der Waals surface area contributed by atoms with Crippen LogP contribution in [-0.2, 0) is 18.8 Å². The molecule has 70 valence electrons. The number of rotatable bonds is 2. The summed E-state index contributed by atoms with van der Waals surface area (Å²) in [6, 6.07) is 0. The van der Waals surface area contributed by atoms with Crippen LogP contribution in [0.4, 0.5) is 4.70 Å². The highest BCUT2D eigenvalue weighted by Crippen LogP contribution is 2.11. The van der Waals surface area contributed by atoms with E-state index >= 15 is 0 Å². The summed E-state index contributed by atoms with van der Waals surface area (Å²) in [5.74, 6) is 0. The zero-order valence-corrected chi connectivity index (χ0v) is 7.77. The average molecular weight is 188 g/mol. The molecule has 0 aliphatic rings. The second kappa shape index (κ2) is 3.99. The Balaban J connectivity index is 0. The van der Waals surface area contributed by atoms with E-state index in [-0.39, 0.29) is 4.70 Å². The van der Waals surface area contributed by atoms with Crippen LogP contribution in [0.5, 0.6) is 0 Å². The van der Waals surface area contributed by atoms with Crippen molar-refractivity contribution in [3.05, 3.63) is 0 Å². The second-order valence-corrected chi connectivity index (χ2v) is 4.09. The predicted octanol–water partition coefficient (Wildman–Crippen LogP) is 0.845. The highest BCUT2D eigenvalue weighted by atomic mass is 32.3. The molecule has 0 atom stereocenters. The van der Waals surface area contributed by atoms with Crippen LogP contribution in [0.1, 0.15) is 20.8 Å². The molecule has 0 aromatic heterocycles. The first kappa shape index (κ1) is 13.4. The normalized spacial score (nSPS) is 12.4. The molecular weight excluding hydrogens is 175 g/mol. The maximum atomic E-state index is 10.6. The Hall–Kier alpha value is -0.200. The van der Waals surface area contributed by atoms with Gasteiger partial charge in [0.25, 0.3) is 0 Å². The zero-order valence-electron chi connectivity index (χ0n) is 6.95. The SMILES string of the molecule is COS(=O)(=O)OC(C)(C)C.F. The smallest absolute Gasteiger partial charge is 0.269 e. The number of hydrogen-bond acceptors (Lipinski definition) is 4. The highest BCUT2D eigenvalue weighted by Gasteiger charge is 2.20. The summed E-state index contributed by atoms with van der Waals surface area (Å²) >= 11 is 0. The Kier molecular flexibility index (Phi) is 4.85. The minimum Gasteiger partial charge on any atom is -0.269 e. The molecule has 6 heteroatoms. The molecule has 0 bridgehead atoms. The molecule has 0 fully saturated rings. The van der Waals surface area contributed by atoms with E-state index < -0.39 is 16.0 Å². The summed E-state index contributed by atoms with van der Waals surface area (Å²) in [6.45, 7) is 4.89. The molecule has 0 aliphatic carbocycles. The van der Waals surface area contributed by atoms with Gasteiger partial charge in [-0.1, -0.05) is 0 Å². The van der Waals surface area contributed by atoms with Gasteiger partial charge >= 0.3 is 10.4 Å². The molecule has 0 saturated carbocycles. The maximum Gasteiger partial charge on any atom is 0.400 e. The van der Waals surface area contributed by atoms with Crippen molar-refractivity contribution in [2.45, 2.75) is 26.4 Å². The Morgan fingerprint density at radius 1 is 1.18 bits per heavy atom. The zero-order chi connectivity index (χ0) is 8.41. The fourth-order valence-corrected chi connectivity index (χ4v) is 1.02. The van der Waals surface area contributed by atoms with Crippen LogP contribution in [-0.4, -0.2) is 21.1 Å². The van der Waals surface area contributed by atoms with Crippen LogP contribution in [0, 0.1) is 0 Å². The molecule has 0 N–H and O–H groups in total.